The predicted octanol–water partition coefficient (Wildman–Crippen LogP) is 3.37. The molecular weight excluding hydrogens is 262 g/mol. The summed E-state index contributed by atoms with van der Waals surface area (Å²) < 4.78 is 1.98. The van der Waals surface area contributed by atoms with Gasteiger partial charge in [0.2, 0.25) is 0 Å². The number of anilines is 1. The highest BCUT2D eigenvalue weighted by Gasteiger charge is 2.25. The van der Waals surface area contributed by atoms with Gasteiger partial charge in [-0.2, -0.15) is 0 Å². The van der Waals surface area contributed by atoms with E-state index in [-0.39, 0.29) is 0 Å². The molecule has 1 fully saturated rings. The van der Waals surface area contributed by atoms with Gasteiger partial charge < -0.3 is 5.73 Å². The van der Waals surface area contributed by atoms with E-state index in [9.17, 15) is 0 Å². The van der Waals surface area contributed by atoms with Crippen molar-refractivity contribution in [3.8, 4) is 11.4 Å². The van der Waals surface area contributed by atoms with Crippen LogP contribution in [0.3, 0.4) is 0 Å². The van der Waals surface area contributed by atoms with Gasteiger partial charge in [-0.3, -0.25) is 0 Å². The summed E-state index contributed by atoms with van der Waals surface area (Å²) in [5.41, 5.74) is 8.99. The first-order chi connectivity index (χ1) is 10.2. The van der Waals surface area contributed by atoms with Crippen molar-refractivity contribution in [3.63, 3.8) is 0 Å². The lowest BCUT2D eigenvalue weighted by Gasteiger charge is -2.28. The van der Waals surface area contributed by atoms with E-state index < -0.39 is 0 Å². The summed E-state index contributed by atoms with van der Waals surface area (Å²) in [4.78, 5) is 0. The molecule has 2 aromatic rings. The summed E-state index contributed by atoms with van der Waals surface area (Å²) in [5, 5.41) is 12.4. The number of hydrogen-bond acceptors (Lipinski definition) is 4. The largest absolute Gasteiger partial charge is 0.398 e. The summed E-state index contributed by atoms with van der Waals surface area (Å²) in [6.45, 7) is 4.29. The third-order valence-electron chi connectivity index (χ3n) is 4.80. The van der Waals surface area contributed by atoms with Crippen molar-refractivity contribution in [1.29, 1.82) is 0 Å². The fraction of sp³-hybridized carbons (Fsp3) is 0.562. The number of aryl methyl sites for hydroxylation is 1. The van der Waals surface area contributed by atoms with Crippen molar-refractivity contribution in [2.24, 2.45) is 5.92 Å². The van der Waals surface area contributed by atoms with Crippen LogP contribution in [0.2, 0.25) is 0 Å². The van der Waals surface area contributed by atoms with Crippen LogP contribution in [-0.2, 0) is 0 Å². The number of tetrazole rings is 1. The first-order valence-electron chi connectivity index (χ1n) is 7.84. The number of nitrogens with zero attached hydrogens (tertiary/aromatic N) is 4. The first-order valence-corrected chi connectivity index (χ1v) is 7.84. The van der Waals surface area contributed by atoms with E-state index in [1.807, 2.05) is 29.8 Å². The molecule has 0 spiro atoms. The van der Waals surface area contributed by atoms with Crippen LogP contribution in [0.4, 0.5) is 5.69 Å². The van der Waals surface area contributed by atoms with Crippen LogP contribution in [0.5, 0.6) is 0 Å². The van der Waals surface area contributed by atoms with Crippen LogP contribution in [0.25, 0.3) is 11.4 Å². The van der Waals surface area contributed by atoms with Gasteiger partial charge >= 0.3 is 0 Å². The monoisotopic (exact) mass is 285 g/mol. The SMILES string of the molecule is CCC1CCC(n2nnnc2-c2cccc(C)c2N)CC1. The smallest absolute Gasteiger partial charge is 0.184 e. The fourth-order valence-electron chi connectivity index (χ4n) is 3.29. The van der Waals surface area contributed by atoms with Crippen molar-refractivity contribution in [2.75, 3.05) is 5.73 Å². The highest BCUT2D eigenvalue weighted by molar-refractivity contribution is 5.74. The Labute approximate surface area is 125 Å². The molecule has 1 aromatic carbocycles. The minimum absolute atomic E-state index is 0.401. The molecule has 5 heteroatoms. The zero-order valence-corrected chi connectivity index (χ0v) is 12.8. The minimum atomic E-state index is 0.401. The molecule has 1 saturated carbocycles. The van der Waals surface area contributed by atoms with E-state index >= 15 is 0 Å². The summed E-state index contributed by atoms with van der Waals surface area (Å²) in [6.07, 6.45) is 6.12. The Morgan fingerprint density at radius 3 is 2.71 bits per heavy atom. The molecule has 112 valence electrons. The Morgan fingerprint density at radius 1 is 1.24 bits per heavy atom. The number of nitrogen functional groups attached to an aromatic ring is 1. The molecular formula is C16H23N5. The molecule has 0 amide bonds. The molecule has 1 aliphatic carbocycles. The van der Waals surface area contributed by atoms with Gasteiger partial charge in [0.15, 0.2) is 5.82 Å². The van der Waals surface area contributed by atoms with Gasteiger partial charge in [0, 0.05) is 11.3 Å². The molecule has 0 radical (unpaired) electrons. The van der Waals surface area contributed by atoms with Gasteiger partial charge in [-0.1, -0.05) is 25.5 Å². The van der Waals surface area contributed by atoms with Gasteiger partial charge in [0.1, 0.15) is 0 Å². The molecule has 1 heterocycles. The topological polar surface area (TPSA) is 69.6 Å². The molecule has 0 aliphatic heterocycles. The number of para-hydroxylation sites is 1. The Hall–Kier alpha value is -1.91. The van der Waals surface area contributed by atoms with Gasteiger partial charge in [-0.25, -0.2) is 4.68 Å². The molecule has 0 atom stereocenters. The van der Waals surface area contributed by atoms with Crippen molar-refractivity contribution < 1.29 is 0 Å². The standard InChI is InChI=1S/C16H23N5/c1-3-12-7-9-13(10-8-12)21-16(18-19-20-21)14-6-4-5-11(2)15(14)17/h4-6,12-13H,3,7-10,17H2,1-2H3. The molecule has 3 rings (SSSR count). The zero-order chi connectivity index (χ0) is 14.8. The molecule has 21 heavy (non-hydrogen) atoms. The quantitative estimate of drug-likeness (QED) is 0.878. The van der Waals surface area contributed by atoms with E-state index in [4.69, 9.17) is 5.73 Å². The van der Waals surface area contributed by atoms with E-state index in [1.165, 1.54) is 19.3 Å². The van der Waals surface area contributed by atoms with Gasteiger partial charge in [-0.15, -0.1) is 5.10 Å². The zero-order valence-electron chi connectivity index (χ0n) is 12.8. The number of benzene rings is 1. The number of hydrogen-bond donors (Lipinski definition) is 1. The minimum Gasteiger partial charge on any atom is -0.398 e. The van der Waals surface area contributed by atoms with E-state index in [1.54, 1.807) is 0 Å². The third-order valence-corrected chi connectivity index (χ3v) is 4.80. The average Bonchev–Trinajstić information content (AvgIpc) is 2.99. The normalized spacial score (nSPS) is 22.4. The van der Waals surface area contributed by atoms with Crippen molar-refractivity contribution in [2.45, 2.75) is 52.0 Å². The first kappa shape index (κ1) is 14.0. The van der Waals surface area contributed by atoms with Gasteiger partial charge in [-0.05, 0) is 60.6 Å². The van der Waals surface area contributed by atoms with Gasteiger partial charge in [0.25, 0.3) is 0 Å². The van der Waals surface area contributed by atoms with Crippen molar-refractivity contribution in [1.82, 2.24) is 20.2 Å². The Balaban J connectivity index is 1.90. The number of aromatic nitrogens is 4. The Bertz CT molecular complexity index is 611. The van der Waals surface area contributed by atoms with Gasteiger partial charge in [0.05, 0.1) is 6.04 Å². The maximum atomic E-state index is 6.21. The molecule has 5 nitrogen and oxygen atoms in total. The van der Waals surface area contributed by atoms with E-state index in [2.05, 4.69) is 22.4 Å². The summed E-state index contributed by atoms with van der Waals surface area (Å²) in [6, 6.07) is 6.42. The van der Waals surface area contributed by atoms with E-state index in [0.29, 0.717) is 6.04 Å². The molecule has 1 aromatic heterocycles. The average molecular weight is 285 g/mol. The second-order valence-corrected chi connectivity index (χ2v) is 6.07. The molecule has 1 aliphatic rings. The summed E-state index contributed by atoms with van der Waals surface area (Å²) in [5.74, 6) is 1.67. The Morgan fingerprint density at radius 2 is 2.00 bits per heavy atom. The second kappa shape index (κ2) is 5.84. The van der Waals surface area contributed by atoms with Crippen LogP contribution in [0.15, 0.2) is 18.2 Å². The van der Waals surface area contributed by atoms with Crippen LogP contribution in [0, 0.1) is 12.8 Å². The highest BCUT2D eigenvalue weighted by atomic mass is 15.5. The van der Waals surface area contributed by atoms with E-state index in [0.717, 1.165) is 41.4 Å². The fourth-order valence-corrected chi connectivity index (χ4v) is 3.29. The summed E-state index contributed by atoms with van der Waals surface area (Å²) in [7, 11) is 0. The maximum Gasteiger partial charge on any atom is 0.184 e. The van der Waals surface area contributed by atoms with Crippen molar-refractivity contribution in [3.05, 3.63) is 23.8 Å². The Kier molecular flexibility index (Phi) is 3.90. The lowest BCUT2D eigenvalue weighted by molar-refractivity contribution is 0.255. The number of rotatable bonds is 3. The predicted molar refractivity (Wildman–Crippen MR) is 83.7 cm³/mol. The van der Waals surface area contributed by atoms with Crippen LogP contribution >= 0.6 is 0 Å². The molecule has 0 saturated heterocycles. The highest BCUT2D eigenvalue weighted by Crippen LogP contribution is 2.36. The number of nitrogens with two attached hydrogens (primary N) is 1. The summed E-state index contributed by atoms with van der Waals surface area (Å²) >= 11 is 0. The lowest BCUT2D eigenvalue weighted by Crippen LogP contribution is -2.20. The van der Waals surface area contributed by atoms with Crippen LogP contribution < -0.4 is 5.73 Å². The molecule has 2 N–H and O–H groups in total. The third kappa shape index (κ3) is 2.64. The maximum absolute atomic E-state index is 6.21. The lowest BCUT2D eigenvalue weighted by atomic mass is 9.84. The van der Waals surface area contributed by atoms with Crippen molar-refractivity contribution >= 4 is 5.69 Å². The molecule has 0 bridgehead atoms. The molecule has 0 unspecified atom stereocenters. The van der Waals surface area contributed by atoms with Crippen LogP contribution in [-0.4, -0.2) is 20.2 Å². The van der Waals surface area contributed by atoms with Crippen LogP contribution in [0.1, 0.15) is 50.6 Å². The second-order valence-electron chi connectivity index (χ2n) is 6.07.